The molecule has 6 bridgehead atoms. The Morgan fingerprint density at radius 1 is 0.926 bits per heavy atom. The number of morpholine rings is 1. The van der Waals surface area contributed by atoms with Crippen molar-refractivity contribution in [3.63, 3.8) is 0 Å². The van der Waals surface area contributed by atoms with Crippen molar-refractivity contribution in [3.8, 4) is 11.3 Å². The van der Waals surface area contributed by atoms with Crippen LogP contribution in [-0.2, 0) is 46.4 Å². The quantitative estimate of drug-likeness (QED) is 0.158. The summed E-state index contributed by atoms with van der Waals surface area (Å²) in [5.41, 5.74) is 6.47. The van der Waals surface area contributed by atoms with Gasteiger partial charge in [-0.2, -0.15) is 13.2 Å². The van der Waals surface area contributed by atoms with Gasteiger partial charge in [0, 0.05) is 118 Å². The molecule has 9 heterocycles. The minimum Gasteiger partial charge on any atom is -0.464 e. The van der Waals surface area contributed by atoms with E-state index in [0.717, 1.165) is 89.2 Å². The highest BCUT2D eigenvalue weighted by Crippen LogP contribution is 2.47. The van der Waals surface area contributed by atoms with Crippen LogP contribution < -0.4 is 25.9 Å². The monoisotopic (exact) mass is 1130 g/mol. The number of methoxy groups -OCH3 is 1. The predicted octanol–water partition coefficient (Wildman–Crippen LogP) is 5.66. The summed E-state index contributed by atoms with van der Waals surface area (Å²) in [5.74, 6) is -0.122. The number of benzene rings is 1. The summed E-state index contributed by atoms with van der Waals surface area (Å²) in [6.07, 6.45) is 5.52. The van der Waals surface area contributed by atoms with Gasteiger partial charge in [0.05, 0.1) is 54.7 Å². The van der Waals surface area contributed by atoms with Gasteiger partial charge in [-0.25, -0.2) is 5.43 Å². The average Bonchev–Trinajstić information content (AvgIpc) is 4.45. The molecule has 1 spiro atoms. The van der Waals surface area contributed by atoms with Gasteiger partial charge in [0.15, 0.2) is 0 Å². The highest BCUT2D eigenvalue weighted by atomic mass is 19.4. The van der Waals surface area contributed by atoms with Crippen LogP contribution in [0.5, 0.6) is 0 Å². The lowest BCUT2D eigenvalue weighted by molar-refractivity contribution is -0.156. The van der Waals surface area contributed by atoms with E-state index in [9.17, 15) is 9.59 Å². The molecule has 3 amide bonds. The molecule has 8 atom stereocenters. The molecule has 18 nitrogen and oxygen atoms in total. The van der Waals surface area contributed by atoms with Gasteiger partial charge in [-0.1, -0.05) is 26.7 Å². The lowest BCUT2D eigenvalue weighted by atomic mass is 9.84. The fraction of sp³-hybridized carbons (Fsp3) is 0.717. The third kappa shape index (κ3) is 11.9. The number of nitrogens with one attached hydrogen (secondary N) is 3. The number of anilines is 2. The summed E-state index contributed by atoms with van der Waals surface area (Å²) in [7, 11) is 3.65. The first-order valence-corrected chi connectivity index (χ1v) is 30.2. The Balaban J connectivity index is 0.876. The maximum atomic E-state index is 15.3. The van der Waals surface area contributed by atoms with E-state index < -0.39 is 54.4 Å². The molecule has 21 heteroatoms. The number of esters is 1. The molecule has 1 aromatic carbocycles. The summed E-state index contributed by atoms with van der Waals surface area (Å²) in [4.78, 5) is 74.4. The molecule has 8 fully saturated rings. The van der Waals surface area contributed by atoms with Crippen molar-refractivity contribution in [2.24, 2.45) is 22.7 Å². The van der Waals surface area contributed by atoms with Crippen molar-refractivity contribution in [2.75, 3.05) is 109 Å². The van der Waals surface area contributed by atoms with E-state index >= 15 is 22.8 Å². The molecule has 81 heavy (non-hydrogen) atoms. The smallest absolute Gasteiger partial charge is 0.406 e. The van der Waals surface area contributed by atoms with Crippen LogP contribution >= 0.6 is 0 Å². The number of likely N-dealkylation sites (tertiary alicyclic amines) is 2. The first kappa shape index (κ1) is 56.4. The van der Waals surface area contributed by atoms with Gasteiger partial charge in [-0.3, -0.25) is 39.4 Å². The second-order valence-electron chi connectivity index (χ2n) is 26.2. The van der Waals surface area contributed by atoms with Gasteiger partial charge in [-0.15, -0.1) is 0 Å². The molecular formula is C60H84F3N11O7. The fourth-order valence-corrected chi connectivity index (χ4v) is 14.9. The van der Waals surface area contributed by atoms with Crippen LogP contribution in [0, 0.1) is 22.7 Å². The molecule has 2 unspecified atom stereocenters. The molecule has 442 valence electrons. The van der Waals surface area contributed by atoms with E-state index in [1.807, 2.05) is 39.0 Å². The second-order valence-corrected chi connectivity index (χ2v) is 26.2. The molecule has 3 aromatic rings. The number of aromatic nitrogens is 2. The van der Waals surface area contributed by atoms with E-state index in [0.29, 0.717) is 97.5 Å². The number of hydrogen-bond donors (Lipinski definition) is 3. The number of carbonyl (C=O) groups is 4. The molecule has 7 aliphatic heterocycles. The number of pyridine rings is 1. The molecule has 3 N–H and O–H groups in total. The number of cyclic esters (lactones) is 1. The van der Waals surface area contributed by atoms with Gasteiger partial charge in [0.1, 0.15) is 24.7 Å². The van der Waals surface area contributed by atoms with E-state index in [-0.39, 0.29) is 54.5 Å². The SMILES string of the molecule is CO[C@@H](C)c1ncc(N2CCN(C)CC2)cc1-c1c2c3cc(ccc3n1CC(F)(F)F)N1CCO[C@@H](C[C@H](NC(=O)C(C3CCCC3)N3CC[C@]4(CCN(C(=O)[C@@H]5NC5C5CC5)C4)C3)C(=O)N3CCC[C@H](N3)C(=O)OCC(C)(C)C2)C1. The number of hydrogen-bond acceptors (Lipinski definition) is 14. The third-order valence-corrected chi connectivity index (χ3v) is 19.6. The van der Waals surface area contributed by atoms with Crippen molar-refractivity contribution in [2.45, 2.75) is 153 Å². The van der Waals surface area contributed by atoms with Crippen LogP contribution in [0.2, 0.25) is 0 Å². The van der Waals surface area contributed by atoms with E-state index in [4.69, 9.17) is 19.2 Å². The lowest BCUT2D eigenvalue weighted by Crippen LogP contribution is -2.62. The molecule has 2 saturated carbocycles. The Morgan fingerprint density at radius 3 is 2.46 bits per heavy atom. The highest BCUT2D eigenvalue weighted by Gasteiger charge is 2.55. The van der Waals surface area contributed by atoms with Gasteiger partial charge in [-0.05, 0) is 120 Å². The van der Waals surface area contributed by atoms with Crippen molar-refractivity contribution in [1.29, 1.82) is 0 Å². The number of hydrazine groups is 1. The Hall–Kier alpha value is -5.06. The number of nitrogens with zero attached hydrogens (tertiary/aromatic N) is 8. The molecule has 2 aliphatic carbocycles. The number of ether oxygens (including phenoxy) is 3. The lowest BCUT2D eigenvalue weighted by Gasteiger charge is -2.39. The molecule has 0 radical (unpaired) electrons. The Morgan fingerprint density at radius 2 is 1.70 bits per heavy atom. The molecule has 6 saturated heterocycles. The number of halogens is 3. The fourth-order valence-electron chi connectivity index (χ4n) is 14.9. The number of likely N-dealkylation sites (N-methyl/N-ethyl adjacent to an activating group) is 1. The number of fused-ring (bicyclic) bond motifs is 6. The summed E-state index contributed by atoms with van der Waals surface area (Å²) in [6.45, 7) is 11.9. The number of amides is 3. The van der Waals surface area contributed by atoms with Crippen molar-refractivity contribution < 1.29 is 46.6 Å². The second kappa shape index (κ2) is 22.5. The minimum atomic E-state index is -4.59. The summed E-state index contributed by atoms with van der Waals surface area (Å²) in [6, 6.07) is 5.55. The summed E-state index contributed by atoms with van der Waals surface area (Å²) in [5, 5.41) is 8.89. The van der Waals surface area contributed by atoms with Crippen LogP contribution in [0.15, 0.2) is 30.5 Å². The first-order valence-electron chi connectivity index (χ1n) is 30.2. The van der Waals surface area contributed by atoms with Crippen LogP contribution in [0.3, 0.4) is 0 Å². The van der Waals surface area contributed by atoms with Gasteiger partial charge >= 0.3 is 12.1 Å². The summed E-state index contributed by atoms with van der Waals surface area (Å²) >= 11 is 0. The molecule has 12 rings (SSSR count). The molecular weight excluding hydrogens is 1040 g/mol. The van der Waals surface area contributed by atoms with Gasteiger partial charge in [0.25, 0.3) is 5.91 Å². The van der Waals surface area contributed by atoms with E-state index in [2.05, 4.69) is 47.6 Å². The number of carbonyl (C=O) groups excluding carboxylic acids is 4. The highest BCUT2D eigenvalue weighted by molar-refractivity contribution is 5.95. The number of alkyl halides is 3. The predicted molar refractivity (Wildman–Crippen MR) is 300 cm³/mol. The Labute approximate surface area is 474 Å². The maximum Gasteiger partial charge on any atom is 0.406 e. The maximum absolute atomic E-state index is 15.3. The van der Waals surface area contributed by atoms with E-state index in [1.54, 1.807) is 19.4 Å². The van der Waals surface area contributed by atoms with Crippen LogP contribution in [0.1, 0.15) is 109 Å². The average molecular weight is 1130 g/mol. The van der Waals surface area contributed by atoms with Crippen molar-refractivity contribution in [1.82, 2.24) is 45.3 Å². The third-order valence-electron chi connectivity index (χ3n) is 19.6. The zero-order chi connectivity index (χ0) is 56.5. The zero-order valence-corrected chi connectivity index (χ0v) is 48.0. The van der Waals surface area contributed by atoms with Crippen molar-refractivity contribution >= 4 is 46.0 Å². The Bertz CT molecular complexity index is 2850. The number of piperazine rings is 1. The Kier molecular flexibility index (Phi) is 15.7. The topological polar surface area (TPSA) is 179 Å². The van der Waals surface area contributed by atoms with E-state index in [1.165, 1.54) is 22.4 Å². The van der Waals surface area contributed by atoms with Crippen molar-refractivity contribution in [3.05, 3.63) is 41.7 Å². The largest absolute Gasteiger partial charge is 0.464 e. The summed E-state index contributed by atoms with van der Waals surface area (Å²) < 4.78 is 65.5. The minimum absolute atomic E-state index is 0.0545. The molecule has 9 aliphatic rings. The zero-order valence-electron chi connectivity index (χ0n) is 48.0. The van der Waals surface area contributed by atoms with Crippen LogP contribution in [0.25, 0.3) is 22.2 Å². The first-order chi connectivity index (χ1) is 38.8. The normalized spacial score (nSPS) is 29.8. The number of rotatable bonds is 11. The van der Waals surface area contributed by atoms with Gasteiger partial charge in [0.2, 0.25) is 11.8 Å². The van der Waals surface area contributed by atoms with Crippen LogP contribution in [-0.4, -0.2) is 195 Å². The molecule has 2 aromatic heterocycles. The standard InChI is InChI=1S/C60H84F3N11O7/c1-37(79-5)49-44(28-41(31-64-49)69-23-21-68(4)22-24-69)53-45-30-58(2,3)36-81-57(78)46-11-8-18-74(67-46)55(76)47(29-42-32-70(25-26-80-42)40-14-15-48(43(45)27-40)73(53)35-60(61,62)63)65-54(75)52(39-9-6-7-10-39)71-19-16-59(33-71)17-20-72(34-59)56(77)51-50(66-51)38-12-13-38/h14-15,27-28,31,37-39,42,46-47,50-52,66-67H,6-13,16-26,29-30,32-36H2,1-5H3,(H,65,75)/t37-,42-,46-,47-,50?,51+,52?,59-/m0/s1. The van der Waals surface area contributed by atoms with Crippen LogP contribution in [0.4, 0.5) is 24.5 Å². The van der Waals surface area contributed by atoms with Gasteiger partial charge < -0.3 is 43.7 Å².